The van der Waals surface area contributed by atoms with Gasteiger partial charge in [0, 0.05) is 43.3 Å². The molecule has 0 radical (unpaired) electrons. The number of hydrogen-bond acceptors (Lipinski definition) is 4. The number of nitrogens with one attached hydrogen (secondary N) is 1. The molecule has 5 nitrogen and oxygen atoms in total. The van der Waals surface area contributed by atoms with Crippen LogP contribution in [0.2, 0.25) is 0 Å². The molecule has 4 rings (SSSR count). The van der Waals surface area contributed by atoms with E-state index in [0.29, 0.717) is 18.0 Å². The minimum absolute atomic E-state index is 0.0841. The Labute approximate surface area is 210 Å². The van der Waals surface area contributed by atoms with Crippen molar-refractivity contribution in [3.63, 3.8) is 0 Å². The summed E-state index contributed by atoms with van der Waals surface area (Å²) in [5.74, 6) is -0.501. The third kappa shape index (κ3) is 6.66. The zero-order valence-electron chi connectivity index (χ0n) is 20.9. The van der Waals surface area contributed by atoms with Crippen molar-refractivity contribution >= 4 is 17.4 Å². The Morgan fingerprint density at radius 2 is 1.72 bits per heavy atom. The second kappa shape index (κ2) is 11.0. The smallest absolute Gasteiger partial charge is 0.371 e. The minimum atomic E-state index is -4.53. The molecule has 2 aliphatic rings. The third-order valence-corrected chi connectivity index (χ3v) is 7.29. The lowest BCUT2D eigenvalue weighted by atomic mass is 10.0. The molecule has 2 aromatic carbocycles. The van der Waals surface area contributed by atoms with Crippen LogP contribution in [0.4, 0.5) is 18.9 Å². The maximum Gasteiger partial charge on any atom is 0.416 e. The fourth-order valence-electron chi connectivity index (χ4n) is 5.43. The zero-order chi connectivity index (χ0) is 25.9. The second-order valence-electron chi connectivity index (χ2n) is 10.2. The second-order valence-corrected chi connectivity index (χ2v) is 10.2. The summed E-state index contributed by atoms with van der Waals surface area (Å²) in [6.45, 7) is 7.35. The molecule has 1 N–H and O–H groups in total. The standard InChI is InChI=1S/C28H34F3N3O2/c1-19-4-3-5-25(14-19)33-10-7-24(8-11-33)34-9-6-21(18-34)15-26(35)17-32-27(36)22-12-20(2)13-23(16-22)28(29,30)31/h3-5,12-14,16,21,24H,6-11,15,17-18H2,1-2H3,(H,32,36)/t21-/m0/s1. The summed E-state index contributed by atoms with van der Waals surface area (Å²) < 4.78 is 39.1. The van der Waals surface area contributed by atoms with Crippen LogP contribution in [-0.2, 0) is 11.0 Å². The van der Waals surface area contributed by atoms with Crippen molar-refractivity contribution < 1.29 is 22.8 Å². The van der Waals surface area contributed by atoms with Gasteiger partial charge in [0.25, 0.3) is 5.91 Å². The molecule has 0 bridgehead atoms. The Morgan fingerprint density at radius 1 is 0.972 bits per heavy atom. The summed E-state index contributed by atoms with van der Waals surface area (Å²) in [6, 6.07) is 12.3. The molecule has 36 heavy (non-hydrogen) atoms. The number of ketones is 1. The number of carbonyl (C=O) groups excluding carboxylic acids is 2. The van der Waals surface area contributed by atoms with Gasteiger partial charge in [-0.15, -0.1) is 0 Å². The number of nitrogens with zero attached hydrogens (tertiary/aromatic N) is 2. The van der Waals surface area contributed by atoms with Crippen LogP contribution in [0.1, 0.15) is 52.7 Å². The van der Waals surface area contributed by atoms with Crippen molar-refractivity contribution in [1.29, 1.82) is 0 Å². The lowest BCUT2D eigenvalue weighted by Gasteiger charge is -2.38. The van der Waals surface area contributed by atoms with Gasteiger partial charge in [-0.3, -0.25) is 14.5 Å². The first kappa shape index (κ1) is 26.2. The van der Waals surface area contributed by atoms with Crippen LogP contribution >= 0.6 is 0 Å². The monoisotopic (exact) mass is 501 g/mol. The molecule has 194 valence electrons. The molecular formula is C28H34F3N3O2. The number of piperidine rings is 1. The summed E-state index contributed by atoms with van der Waals surface area (Å²) in [7, 11) is 0. The Balaban J connectivity index is 1.21. The van der Waals surface area contributed by atoms with Crippen LogP contribution in [-0.4, -0.2) is 55.4 Å². The number of carbonyl (C=O) groups is 2. The van der Waals surface area contributed by atoms with Crippen molar-refractivity contribution in [2.45, 2.75) is 51.7 Å². The number of amides is 1. The number of benzene rings is 2. The van der Waals surface area contributed by atoms with Crippen LogP contribution in [0.25, 0.3) is 0 Å². The Bertz CT molecular complexity index is 1090. The molecule has 1 atom stereocenters. The SMILES string of the molecule is Cc1cccc(N2CCC(N3CC[C@@H](CC(=O)CNC(=O)c4cc(C)cc(C(F)(F)F)c4)C3)CC2)c1. The summed E-state index contributed by atoms with van der Waals surface area (Å²) >= 11 is 0. The molecule has 0 aromatic heterocycles. The topological polar surface area (TPSA) is 52.6 Å². The van der Waals surface area contributed by atoms with Gasteiger partial charge >= 0.3 is 6.18 Å². The largest absolute Gasteiger partial charge is 0.416 e. The van der Waals surface area contributed by atoms with Gasteiger partial charge in [0.15, 0.2) is 5.78 Å². The van der Waals surface area contributed by atoms with E-state index in [-0.39, 0.29) is 23.8 Å². The number of hydrogen-bond donors (Lipinski definition) is 1. The molecule has 0 unspecified atom stereocenters. The van der Waals surface area contributed by atoms with Crippen LogP contribution in [0.3, 0.4) is 0 Å². The van der Waals surface area contributed by atoms with Crippen molar-refractivity contribution in [3.05, 3.63) is 64.7 Å². The molecule has 2 fully saturated rings. The van der Waals surface area contributed by atoms with E-state index in [1.807, 2.05) is 0 Å². The highest BCUT2D eigenvalue weighted by atomic mass is 19.4. The highest BCUT2D eigenvalue weighted by Gasteiger charge is 2.33. The molecule has 0 saturated carbocycles. The van der Waals surface area contributed by atoms with Crippen LogP contribution in [0.15, 0.2) is 42.5 Å². The van der Waals surface area contributed by atoms with E-state index in [2.05, 4.69) is 46.3 Å². The third-order valence-electron chi connectivity index (χ3n) is 7.29. The number of halogens is 3. The lowest BCUT2D eigenvalue weighted by molar-refractivity contribution is -0.137. The van der Waals surface area contributed by atoms with Gasteiger partial charge in [-0.25, -0.2) is 0 Å². The molecule has 0 aliphatic carbocycles. The number of aryl methyl sites for hydroxylation is 2. The first-order valence-corrected chi connectivity index (χ1v) is 12.6. The average molecular weight is 502 g/mol. The number of anilines is 1. The first-order chi connectivity index (χ1) is 17.1. The predicted octanol–water partition coefficient (Wildman–Crippen LogP) is 5.00. The van der Waals surface area contributed by atoms with Crippen molar-refractivity contribution in [1.82, 2.24) is 10.2 Å². The van der Waals surface area contributed by atoms with E-state index < -0.39 is 17.6 Å². The van der Waals surface area contributed by atoms with Crippen LogP contribution in [0.5, 0.6) is 0 Å². The average Bonchev–Trinajstić information content (AvgIpc) is 3.30. The number of Topliss-reactive ketones (excluding diaryl/α,β-unsaturated/α-hetero) is 1. The van der Waals surface area contributed by atoms with Gasteiger partial charge in [-0.2, -0.15) is 13.2 Å². The van der Waals surface area contributed by atoms with Crippen LogP contribution in [0, 0.1) is 19.8 Å². The Morgan fingerprint density at radius 3 is 2.42 bits per heavy atom. The van der Waals surface area contributed by atoms with Gasteiger partial charge in [0.05, 0.1) is 12.1 Å². The van der Waals surface area contributed by atoms with E-state index in [9.17, 15) is 22.8 Å². The highest BCUT2D eigenvalue weighted by Crippen LogP contribution is 2.31. The summed E-state index contributed by atoms with van der Waals surface area (Å²) in [4.78, 5) is 29.8. The molecule has 0 spiro atoms. The Hall–Kier alpha value is -2.87. The number of rotatable bonds is 7. The summed E-state index contributed by atoms with van der Waals surface area (Å²) in [5, 5.41) is 2.50. The fraction of sp³-hybridized carbons (Fsp3) is 0.500. The molecule has 1 amide bonds. The molecule has 8 heteroatoms. The quantitative estimate of drug-likeness (QED) is 0.580. The summed E-state index contributed by atoms with van der Waals surface area (Å²) in [6.07, 6.45) is -1.00. The van der Waals surface area contributed by atoms with Crippen molar-refractivity contribution in [2.75, 3.05) is 37.6 Å². The van der Waals surface area contributed by atoms with E-state index >= 15 is 0 Å². The molecule has 2 aromatic rings. The van der Waals surface area contributed by atoms with Crippen molar-refractivity contribution in [2.24, 2.45) is 5.92 Å². The van der Waals surface area contributed by atoms with E-state index in [1.165, 1.54) is 24.2 Å². The fourth-order valence-corrected chi connectivity index (χ4v) is 5.43. The first-order valence-electron chi connectivity index (χ1n) is 12.6. The molecule has 2 saturated heterocycles. The maximum atomic E-state index is 13.0. The molecular weight excluding hydrogens is 467 g/mol. The van der Waals surface area contributed by atoms with Gasteiger partial charge in [0.1, 0.15) is 0 Å². The van der Waals surface area contributed by atoms with Gasteiger partial charge in [-0.1, -0.05) is 12.1 Å². The van der Waals surface area contributed by atoms with Gasteiger partial charge < -0.3 is 10.2 Å². The maximum absolute atomic E-state index is 13.0. The normalized spacial score (nSPS) is 19.5. The summed E-state index contributed by atoms with van der Waals surface area (Å²) in [5.41, 5.74) is 1.94. The predicted molar refractivity (Wildman–Crippen MR) is 134 cm³/mol. The zero-order valence-corrected chi connectivity index (χ0v) is 20.9. The van der Waals surface area contributed by atoms with Crippen molar-refractivity contribution in [3.8, 4) is 0 Å². The minimum Gasteiger partial charge on any atom is -0.371 e. The number of alkyl halides is 3. The molecule has 2 heterocycles. The van der Waals surface area contributed by atoms with E-state index in [1.54, 1.807) is 0 Å². The van der Waals surface area contributed by atoms with Gasteiger partial charge in [-0.05, 0) is 87.0 Å². The number of likely N-dealkylation sites (tertiary alicyclic amines) is 1. The van der Waals surface area contributed by atoms with Crippen LogP contribution < -0.4 is 10.2 Å². The highest BCUT2D eigenvalue weighted by molar-refractivity contribution is 5.97. The van der Waals surface area contributed by atoms with E-state index in [4.69, 9.17) is 0 Å². The lowest BCUT2D eigenvalue weighted by Crippen LogP contribution is -2.44. The Kier molecular flexibility index (Phi) is 8.03. The van der Waals surface area contributed by atoms with Gasteiger partial charge in [0.2, 0.25) is 0 Å². The van der Waals surface area contributed by atoms with E-state index in [0.717, 1.165) is 57.6 Å². The molecule has 2 aliphatic heterocycles.